The smallest absolute Gasteiger partial charge is 0.254 e. The maximum absolute atomic E-state index is 12.6. The Bertz CT molecular complexity index is 906. The first-order chi connectivity index (χ1) is 12.5. The number of benzene rings is 1. The minimum atomic E-state index is -3.66. The molecule has 0 radical (unpaired) electrons. The quantitative estimate of drug-likeness (QED) is 0.767. The van der Waals surface area contributed by atoms with Crippen LogP contribution in [0.1, 0.15) is 28.7 Å². The standard InChI is InChI=1S/C18H21N3O3S2/c1-14-6-10-21(11-7-14)18(22)15-3-2-4-16(13-15)26(23,24)20-8-5-17-19-9-12-25-17/h2-4,6,9,12-13,20H,5,7-8,10-11H2,1H3. The summed E-state index contributed by atoms with van der Waals surface area (Å²) in [6.07, 6.45) is 5.11. The molecular weight excluding hydrogens is 370 g/mol. The number of hydrogen-bond donors (Lipinski definition) is 1. The monoisotopic (exact) mass is 391 g/mol. The highest BCUT2D eigenvalue weighted by Crippen LogP contribution is 2.17. The summed E-state index contributed by atoms with van der Waals surface area (Å²) in [6.45, 7) is 3.54. The highest BCUT2D eigenvalue weighted by molar-refractivity contribution is 7.89. The average Bonchev–Trinajstić information content (AvgIpc) is 3.15. The van der Waals surface area contributed by atoms with E-state index in [9.17, 15) is 13.2 Å². The van der Waals surface area contributed by atoms with Crippen LogP contribution < -0.4 is 4.72 Å². The number of carbonyl (C=O) groups excluding carboxylic acids is 1. The molecule has 2 heterocycles. The van der Waals surface area contributed by atoms with E-state index in [0.717, 1.165) is 11.4 Å². The highest BCUT2D eigenvalue weighted by Gasteiger charge is 2.20. The molecule has 138 valence electrons. The van der Waals surface area contributed by atoms with Crippen LogP contribution in [0.2, 0.25) is 0 Å². The van der Waals surface area contributed by atoms with Crippen LogP contribution in [0.15, 0.2) is 52.4 Å². The molecule has 3 rings (SSSR count). The van der Waals surface area contributed by atoms with Crippen molar-refractivity contribution in [2.75, 3.05) is 19.6 Å². The molecule has 1 aromatic carbocycles. The summed E-state index contributed by atoms with van der Waals surface area (Å²) in [4.78, 5) is 18.6. The van der Waals surface area contributed by atoms with E-state index in [1.807, 2.05) is 18.4 Å². The van der Waals surface area contributed by atoms with Gasteiger partial charge in [-0.25, -0.2) is 18.1 Å². The average molecular weight is 392 g/mol. The predicted octanol–water partition coefficient (Wildman–Crippen LogP) is 2.46. The lowest BCUT2D eigenvalue weighted by molar-refractivity contribution is 0.0769. The summed E-state index contributed by atoms with van der Waals surface area (Å²) in [5.74, 6) is -0.145. The van der Waals surface area contributed by atoms with Crippen molar-refractivity contribution in [1.82, 2.24) is 14.6 Å². The first-order valence-electron chi connectivity index (χ1n) is 8.39. The minimum absolute atomic E-state index is 0.103. The van der Waals surface area contributed by atoms with Crippen molar-refractivity contribution >= 4 is 27.3 Å². The molecule has 2 aromatic rings. The normalized spacial score (nSPS) is 15.0. The summed E-state index contributed by atoms with van der Waals surface area (Å²) in [5, 5.41) is 2.74. The maximum atomic E-state index is 12.6. The van der Waals surface area contributed by atoms with E-state index in [2.05, 4.69) is 9.71 Å². The summed E-state index contributed by atoms with van der Waals surface area (Å²) < 4.78 is 27.6. The van der Waals surface area contributed by atoms with Gasteiger partial charge in [0.1, 0.15) is 0 Å². The zero-order chi connectivity index (χ0) is 18.6. The van der Waals surface area contributed by atoms with Crippen LogP contribution in [-0.2, 0) is 16.4 Å². The molecule has 1 aliphatic rings. The third kappa shape index (κ3) is 4.57. The number of sulfonamides is 1. The lowest BCUT2D eigenvalue weighted by Crippen LogP contribution is -2.34. The fourth-order valence-electron chi connectivity index (χ4n) is 2.69. The lowest BCUT2D eigenvalue weighted by atomic mass is 10.1. The van der Waals surface area contributed by atoms with Crippen LogP contribution in [0.25, 0.3) is 0 Å². The molecule has 1 amide bonds. The molecule has 0 fully saturated rings. The third-order valence-electron chi connectivity index (χ3n) is 4.23. The Morgan fingerprint density at radius 3 is 2.92 bits per heavy atom. The zero-order valence-electron chi connectivity index (χ0n) is 14.5. The fourth-order valence-corrected chi connectivity index (χ4v) is 4.38. The molecule has 0 bridgehead atoms. The Balaban J connectivity index is 1.68. The van der Waals surface area contributed by atoms with Gasteiger partial charge in [0.15, 0.2) is 0 Å². The Kier molecular flexibility index (Phi) is 5.85. The Morgan fingerprint density at radius 2 is 2.23 bits per heavy atom. The molecule has 26 heavy (non-hydrogen) atoms. The number of carbonyl (C=O) groups is 1. The van der Waals surface area contributed by atoms with Gasteiger partial charge in [0, 0.05) is 43.2 Å². The van der Waals surface area contributed by atoms with Gasteiger partial charge in [-0.2, -0.15) is 0 Å². The van der Waals surface area contributed by atoms with Gasteiger partial charge in [-0.05, 0) is 31.5 Å². The van der Waals surface area contributed by atoms with Gasteiger partial charge in [0.2, 0.25) is 10.0 Å². The third-order valence-corrected chi connectivity index (χ3v) is 6.53. The van der Waals surface area contributed by atoms with E-state index in [0.29, 0.717) is 25.1 Å². The van der Waals surface area contributed by atoms with Crippen molar-refractivity contribution in [3.8, 4) is 0 Å². The molecule has 6 nitrogen and oxygen atoms in total. The van der Waals surface area contributed by atoms with Crippen molar-refractivity contribution in [3.63, 3.8) is 0 Å². The van der Waals surface area contributed by atoms with Crippen LogP contribution in [0.5, 0.6) is 0 Å². The number of amides is 1. The summed E-state index contributed by atoms with van der Waals surface area (Å²) in [5.41, 5.74) is 1.66. The van der Waals surface area contributed by atoms with Gasteiger partial charge in [-0.1, -0.05) is 17.7 Å². The van der Waals surface area contributed by atoms with Crippen molar-refractivity contribution in [3.05, 3.63) is 58.1 Å². The topological polar surface area (TPSA) is 79.4 Å². The van der Waals surface area contributed by atoms with E-state index in [4.69, 9.17) is 0 Å². The van der Waals surface area contributed by atoms with Crippen LogP contribution in [0.3, 0.4) is 0 Å². The molecule has 0 unspecified atom stereocenters. The first kappa shape index (κ1) is 18.8. The number of rotatable bonds is 6. The Hall–Kier alpha value is -2.03. The fraction of sp³-hybridized carbons (Fsp3) is 0.333. The van der Waals surface area contributed by atoms with E-state index in [1.165, 1.54) is 29.0 Å². The first-order valence-corrected chi connectivity index (χ1v) is 10.7. The van der Waals surface area contributed by atoms with E-state index in [1.54, 1.807) is 23.2 Å². The van der Waals surface area contributed by atoms with Crippen molar-refractivity contribution in [2.45, 2.75) is 24.7 Å². The van der Waals surface area contributed by atoms with Crippen molar-refractivity contribution in [1.29, 1.82) is 0 Å². The number of nitrogens with one attached hydrogen (secondary N) is 1. The van der Waals surface area contributed by atoms with Gasteiger partial charge in [-0.3, -0.25) is 4.79 Å². The molecular formula is C18H21N3O3S2. The van der Waals surface area contributed by atoms with Crippen LogP contribution >= 0.6 is 11.3 Å². The second kappa shape index (κ2) is 8.11. The van der Waals surface area contributed by atoms with Crippen molar-refractivity contribution < 1.29 is 13.2 Å². The molecule has 0 saturated heterocycles. The molecule has 1 aromatic heterocycles. The predicted molar refractivity (Wildman–Crippen MR) is 102 cm³/mol. The number of aromatic nitrogens is 1. The van der Waals surface area contributed by atoms with Gasteiger partial charge < -0.3 is 4.90 Å². The van der Waals surface area contributed by atoms with Crippen LogP contribution in [0.4, 0.5) is 0 Å². The van der Waals surface area contributed by atoms with Gasteiger partial charge in [-0.15, -0.1) is 11.3 Å². The SMILES string of the molecule is CC1=CCN(C(=O)c2cccc(S(=O)(=O)NCCc3nccs3)c2)CC1. The number of nitrogens with zero attached hydrogens (tertiary/aromatic N) is 2. The Morgan fingerprint density at radius 1 is 1.38 bits per heavy atom. The van der Waals surface area contributed by atoms with Gasteiger partial charge in [0.25, 0.3) is 5.91 Å². The largest absolute Gasteiger partial charge is 0.335 e. The molecule has 1 aliphatic heterocycles. The summed E-state index contributed by atoms with van der Waals surface area (Å²) in [6, 6.07) is 6.21. The molecule has 0 spiro atoms. The zero-order valence-corrected chi connectivity index (χ0v) is 16.1. The second-order valence-corrected chi connectivity index (χ2v) is 8.90. The van der Waals surface area contributed by atoms with E-state index >= 15 is 0 Å². The van der Waals surface area contributed by atoms with Crippen molar-refractivity contribution in [2.24, 2.45) is 0 Å². The Labute approximate surface area is 157 Å². The minimum Gasteiger partial charge on any atom is -0.335 e. The number of hydrogen-bond acceptors (Lipinski definition) is 5. The summed E-state index contributed by atoms with van der Waals surface area (Å²) >= 11 is 1.49. The molecule has 8 heteroatoms. The number of thiazole rings is 1. The van der Waals surface area contributed by atoms with Gasteiger partial charge >= 0.3 is 0 Å². The van der Waals surface area contributed by atoms with Gasteiger partial charge in [0.05, 0.1) is 9.90 Å². The highest BCUT2D eigenvalue weighted by atomic mass is 32.2. The molecule has 0 atom stereocenters. The van der Waals surface area contributed by atoms with Crippen LogP contribution in [0, 0.1) is 0 Å². The molecule has 1 N–H and O–H groups in total. The second-order valence-electron chi connectivity index (χ2n) is 6.15. The lowest BCUT2D eigenvalue weighted by Gasteiger charge is -2.25. The van der Waals surface area contributed by atoms with Crippen LogP contribution in [-0.4, -0.2) is 43.8 Å². The van der Waals surface area contributed by atoms with E-state index in [-0.39, 0.29) is 17.3 Å². The molecule has 0 saturated carbocycles. The summed E-state index contributed by atoms with van der Waals surface area (Å²) in [7, 11) is -3.66. The molecule has 0 aliphatic carbocycles. The van der Waals surface area contributed by atoms with E-state index < -0.39 is 10.0 Å². The maximum Gasteiger partial charge on any atom is 0.254 e.